The summed E-state index contributed by atoms with van der Waals surface area (Å²) in [6.07, 6.45) is 0.470. The molecule has 0 saturated carbocycles. The number of primary sulfonamides is 1. The number of anilines is 1. The minimum atomic E-state index is -3.81. The third kappa shape index (κ3) is 3.53. The minimum absolute atomic E-state index is 0.0171. The van der Waals surface area contributed by atoms with Crippen LogP contribution in [-0.4, -0.2) is 38.6 Å². The lowest BCUT2D eigenvalue weighted by atomic mass is 10.2. The summed E-state index contributed by atoms with van der Waals surface area (Å²) >= 11 is 0. The van der Waals surface area contributed by atoms with Gasteiger partial charge >= 0.3 is 5.97 Å². The Bertz CT molecular complexity index is 986. The Morgan fingerprint density at radius 2 is 1.92 bits per heavy atom. The van der Waals surface area contributed by atoms with Crippen molar-refractivity contribution >= 4 is 27.6 Å². The maximum Gasteiger partial charge on any atom is 0.342 e. The van der Waals surface area contributed by atoms with Crippen LogP contribution in [0.1, 0.15) is 15.9 Å². The summed E-state index contributed by atoms with van der Waals surface area (Å²) < 4.78 is 27.8. The number of hydrogen-bond acceptors (Lipinski definition) is 6. The number of para-hydroxylation sites is 1. The van der Waals surface area contributed by atoms with Crippen LogP contribution in [0.4, 0.5) is 5.69 Å². The summed E-state index contributed by atoms with van der Waals surface area (Å²) in [6, 6.07) is 10.1. The first kappa shape index (κ1) is 17.9. The van der Waals surface area contributed by atoms with Crippen molar-refractivity contribution < 1.29 is 27.9 Å². The third-order valence-electron chi connectivity index (χ3n) is 4.03. The summed E-state index contributed by atoms with van der Waals surface area (Å²) in [5.74, 6) is -1.48. The molecule has 0 saturated heterocycles. The molecule has 9 heteroatoms. The van der Waals surface area contributed by atoms with E-state index in [4.69, 9.17) is 9.88 Å². The van der Waals surface area contributed by atoms with Crippen LogP contribution < -0.4 is 10.0 Å². The summed E-state index contributed by atoms with van der Waals surface area (Å²) in [4.78, 5) is 25.7. The van der Waals surface area contributed by atoms with Gasteiger partial charge in [0.25, 0.3) is 5.91 Å². The van der Waals surface area contributed by atoms with E-state index in [1.165, 1.54) is 35.2 Å². The second-order valence-electron chi connectivity index (χ2n) is 5.72. The molecule has 1 amide bonds. The van der Waals surface area contributed by atoms with Crippen LogP contribution >= 0.6 is 0 Å². The van der Waals surface area contributed by atoms with E-state index in [9.17, 15) is 23.1 Å². The molecule has 0 spiro atoms. The molecule has 0 aliphatic carbocycles. The van der Waals surface area contributed by atoms with Crippen molar-refractivity contribution in [2.24, 2.45) is 5.14 Å². The summed E-state index contributed by atoms with van der Waals surface area (Å²) in [5.41, 5.74) is 1.21. The molecule has 1 heterocycles. The van der Waals surface area contributed by atoms with Crippen molar-refractivity contribution in [2.75, 3.05) is 18.1 Å². The summed E-state index contributed by atoms with van der Waals surface area (Å²) in [6.45, 7) is -0.153. The third-order valence-corrected chi connectivity index (χ3v) is 4.94. The molecule has 0 aromatic heterocycles. The zero-order chi connectivity index (χ0) is 18.9. The van der Waals surface area contributed by atoms with E-state index in [2.05, 4.69) is 0 Å². The van der Waals surface area contributed by atoms with Crippen molar-refractivity contribution in [3.8, 4) is 5.75 Å². The molecule has 136 valence electrons. The van der Waals surface area contributed by atoms with Gasteiger partial charge in [0.05, 0.1) is 4.90 Å². The number of esters is 1. The van der Waals surface area contributed by atoms with Crippen LogP contribution in [0.5, 0.6) is 5.75 Å². The topological polar surface area (TPSA) is 127 Å². The monoisotopic (exact) mass is 376 g/mol. The predicted octanol–water partition coefficient (Wildman–Crippen LogP) is 0.786. The van der Waals surface area contributed by atoms with E-state index in [1.54, 1.807) is 12.1 Å². The smallest absolute Gasteiger partial charge is 0.342 e. The quantitative estimate of drug-likeness (QED) is 0.760. The van der Waals surface area contributed by atoms with Crippen LogP contribution in [-0.2, 0) is 26.0 Å². The van der Waals surface area contributed by atoms with Crippen LogP contribution in [0.25, 0.3) is 0 Å². The fourth-order valence-corrected chi connectivity index (χ4v) is 3.31. The average Bonchev–Trinajstić information content (AvgIpc) is 3.02. The lowest BCUT2D eigenvalue weighted by molar-refractivity contribution is -0.121. The number of nitrogens with zero attached hydrogens (tertiary/aromatic N) is 1. The second kappa shape index (κ2) is 6.77. The van der Waals surface area contributed by atoms with Crippen LogP contribution in [0, 0.1) is 0 Å². The summed E-state index contributed by atoms with van der Waals surface area (Å²) in [5, 5.41) is 14.7. The number of hydrogen-bond donors (Lipinski definition) is 2. The zero-order valence-corrected chi connectivity index (χ0v) is 14.4. The van der Waals surface area contributed by atoms with Gasteiger partial charge in [-0.1, -0.05) is 12.1 Å². The molecule has 0 bridgehead atoms. The van der Waals surface area contributed by atoms with E-state index < -0.39 is 28.5 Å². The maximum absolute atomic E-state index is 12.4. The molecular formula is C17H16N2O6S. The largest absolute Gasteiger partial charge is 0.507 e. The number of phenolic OH excluding ortho intramolecular Hbond substituents is 1. The first-order valence-electron chi connectivity index (χ1n) is 7.68. The first-order chi connectivity index (χ1) is 12.3. The highest BCUT2D eigenvalue weighted by molar-refractivity contribution is 7.89. The van der Waals surface area contributed by atoms with E-state index in [1.807, 2.05) is 0 Å². The lowest BCUT2D eigenvalue weighted by Crippen LogP contribution is -2.33. The average molecular weight is 376 g/mol. The molecule has 3 N–H and O–H groups in total. The van der Waals surface area contributed by atoms with Crippen molar-refractivity contribution in [1.82, 2.24) is 0 Å². The number of aromatic hydroxyl groups is 1. The molecule has 8 nitrogen and oxygen atoms in total. The Hall–Kier alpha value is -2.91. The van der Waals surface area contributed by atoms with Gasteiger partial charge in [0, 0.05) is 12.2 Å². The molecule has 1 aliphatic rings. The van der Waals surface area contributed by atoms with Crippen LogP contribution in [0.3, 0.4) is 0 Å². The fraction of sp³-hybridized carbons (Fsp3) is 0.176. The van der Waals surface area contributed by atoms with Crippen LogP contribution in [0.2, 0.25) is 0 Å². The number of benzene rings is 2. The summed E-state index contributed by atoms with van der Waals surface area (Å²) in [7, 11) is -3.81. The van der Waals surface area contributed by atoms with Gasteiger partial charge in [-0.05, 0) is 42.3 Å². The standard InChI is InChI=1S/C17H16N2O6S/c18-26(23,24)12-5-6-14-11(9-12)7-8-19(14)16(21)10-25-17(22)13-3-1-2-4-15(13)20/h1-6,9,20H,7-8,10H2,(H2,18,23,24). The number of carbonyl (C=O) groups excluding carboxylic acids is 2. The Balaban J connectivity index is 1.69. The predicted molar refractivity (Wildman–Crippen MR) is 92.3 cm³/mol. The Morgan fingerprint density at radius 1 is 1.19 bits per heavy atom. The Labute approximate surface area is 149 Å². The Kier molecular flexibility index (Phi) is 4.66. The van der Waals surface area contributed by atoms with Crippen molar-refractivity contribution in [3.63, 3.8) is 0 Å². The number of carbonyl (C=O) groups is 2. The minimum Gasteiger partial charge on any atom is -0.507 e. The molecule has 2 aromatic rings. The van der Waals surface area contributed by atoms with Crippen LogP contribution in [0.15, 0.2) is 47.4 Å². The molecule has 0 radical (unpaired) electrons. The van der Waals surface area contributed by atoms with Gasteiger partial charge in [-0.2, -0.15) is 0 Å². The highest BCUT2D eigenvalue weighted by Crippen LogP contribution is 2.30. The number of ether oxygens (including phenoxy) is 1. The van der Waals surface area contributed by atoms with Gasteiger partial charge < -0.3 is 14.7 Å². The molecule has 0 unspecified atom stereocenters. The number of phenols is 1. The maximum atomic E-state index is 12.4. The molecule has 26 heavy (non-hydrogen) atoms. The molecule has 1 aliphatic heterocycles. The number of fused-ring (bicyclic) bond motifs is 1. The molecule has 2 aromatic carbocycles. The second-order valence-corrected chi connectivity index (χ2v) is 7.29. The molecule has 0 atom stereocenters. The van der Waals surface area contributed by atoms with E-state index in [0.29, 0.717) is 24.2 Å². The molecular weight excluding hydrogens is 360 g/mol. The van der Waals surface area contributed by atoms with Gasteiger partial charge in [-0.15, -0.1) is 0 Å². The lowest BCUT2D eigenvalue weighted by Gasteiger charge is -2.17. The number of amides is 1. The van der Waals surface area contributed by atoms with E-state index in [0.717, 1.165) is 0 Å². The fourth-order valence-electron chi connectivity index (χ4n) is 2.74. The van der Waals surface area contributed by atoms with Crippen molar-refractivity contribution in [1.29, 1.82) is 0 Å². The van der Waals surface area contributed by atoms with E-state index in [-0.39, 0.29) is 16.2 Å². The Morgan fingerprint density at radius 3 is 2.62 bits per heavy atom. The van der Waals surface area contributed by atoms with Gasteiger partial charge in [0.2, 0.25) is 10.0 Å². The molecule has 0 fully saturated rings. The van der Waals surface area contributed by atoms with Crippen molar-refractivity contribution in [2.45, 2.75) is 11.3 Å². The number of sulfonamides is 1. The zero-order valence-electron chi connectivity index (χ0n) is 13.6. The number of rotatable bonds is 4. The molecule has 3 rings (SSSR count). The van der Waals surface area contributed by atoms with Gasteiger partial charge in [-0.25, -0.2) is 18.4 Å². The van der Waals surface area contributed by atoms with Gasteiger partial charge in [-0.3, -0.25) is 4.79 Å². The SMILES string of the molecule is NS(=O)(=O)c1ccc2c(c1)CCN2C(=O)COC(=O)c1ccccc1O. The number of nitrogens with two attached hydrogens (primary N) is 1. The normalized spacial score (nSPS) is 13.3. The van der Waals surface area contributed by atoms with E-state index >= 15 is 0 Å². The highest BCUT2D eigenvalue weighted by Gasteiger charge is 2.27. The van der Waals surface area contributed by atoms with Gasteiger partial charge in [0.15, 0.2) is 6.61 Å². The van der Waals surface area contributed by atoms with Gasteiger partial charge in [0.1, 0.15) is 11.3 Å². The highest BCUT2D eigenvalue weighted by atomic mass is 32.2. The van der Waals surface area contributed by atoms with Crippen molar-refractivity contribution in [3.05, 3.63) is 53.6 Å². The first-order valence-corrected chi connectivity index (χ1v) is 9.23.